The number of hydrogen-bond donors (Lipinski definition) is 0. The van der Waals surface area contributed by atoms with E-state index in [-0.39, 0.29) is 11.1 Å². The first-order valence-electron chi connectivity index (χ1n) is 5.54. The molecule has 0 N–H and O–H groups in total. The van der Waals surface area contributed by atoms with E-state index in [1.54, 1.807) is 48.5 Å². The Morgan fingerprint density at radius 1 is 0.889 bits per heavy atom. The Morgan fingerprint density at radius 3 is 2.33 bits per heavy atom. The number of rotatable bonds is 1. The topological polar surface area (TPSA) is 30.2 Å². The van der Waals surface area contributed by atoms with Gasteiger partial charge in [0.05, 0.1) is 5.39 Å². The van der Waals surface area contributed by atoms with Crippen molar-refractivity contribution in [3.05, 3.63) is 70.6 Å². The van der Waals surface area contributed by atoms with E-state index in [9.17, 15) is 9.18 Å². The molecular formula is C15H9FO2. The first-order chi connectivity index (χ1) is 8.77. The Labute approximate surface area is 102 Å². The molecule has 0 atom stereocenters. The van der Waals surface area contributed by atoms with Gasteiger partial charge in [0.15, 0.2) is 5.76 Å². The van der Waals surface area contributed by atoms with Gasteiger partial charge in [0.2, 0.25) is 11.2 Å². The van der Waals surface area contributed by atoms with Gasteiger partial charge < -0.3 is 4.42 Å². The molecule has 2 aromatic carbocycles. The lowest BCUT2D eigenvalue weighted by molar-refractivity contribution is 0.535. The number of halogens is 1. The van der Waals surface area contributed by atoms with Crippen molar-refractivity contribution in [2.75, 3.05) is 0 Å². The van der Waals surface area contributed by atoms with E-state index < -0.39 is 11.2 Å². The van der Waals surface area contributed by atoms with Crippen molar-refractivity contribution in [2.24, 2.45) is 0 Å². The molecule has 88 valence electrons. The molecule has 0 radical (unpaired) electrons. The van der Waals surface area contributed by atoms with Gasteiger partial charge in [-0.15, -0.1) is 0 Å². The number of benzene rings is 2. The molecule has 0 fully saturated rings. The lowest BCUT2D eigenvalue weighted by atomic mass is 10.1. The van der Waals surface area contributed by atoms with Crippen molar-refractivity contribution >= 4 is 11.0 Å². The summed E-state index contributed by atoms with van der Waals surface area (Å²) >= 11 is 0. The number of fused-ring (bicyclic) bond motifs is 1. The summed E-state index contributed by atoms with van der Waals surface area (Å²) in [6.07, 6.45) is 0. The Kier molecular flexibility index (Phi) is 2.45. The Balaban J connectivity index is 2.38. The quantitative estimate of drug-likeness (QED) is 0.650. The largest absolute Gasteiger partial charge is 0.453 e. The van der Waals surface area contributed by atoms with Crippen LogP contribution in [0.3, 0.4) is 0 Å². The third-order valence-electron chi connectivity index (χ3n) is 2.78. The van der Waals surface area contributed by atoms with Crippen LogP contribution in [0, 0.1) is 5.82 Å². The van der Waals surface area contributed by atoms with Crippen LogP contribution in [0.5, 0.6) is 0 Å². The lowest BCUT2D eigenvalue weighted by Gasteiger charge is -2.04. The van der Waals surface area contributed by atoms with Crippen LogP contribution in [-0.4, -0.2) is 0 Å². The molecule has 0 aliphatic heterocycles. The van der Waals surface area contributed by atoms with Gasteiger partial charge in [-0.1, -0.05) is 42.5 Å². The van der Waals surface area contributed by atoms with Gasteiger partial charge in [0, 0.05) is 5.56 Å². The third kappa shape index (κ3) is 1.61. The van der Waals surface area contributed by atoms with Gasteiger partial charge in [-0.05, 0) is 12.1 Å². The van der Waals surface area contributed by atoms with Gasteiger partial charge in [0.1, 0.15) is 5.58 Å². The monoisotopic (exact) mass is 240 g/mol. The van der Waals surface area contributed by atoms with Crippen LogP contribution in [0.4, 0.5) is 4.39 Å². The lowest BCUT2D eigenvalue weighted by Crippen LogP contribution is -2.08. The molecule has 0 spiro atoms. The molecule has 2 nitrogen and oxygen atoms in total. The zero-order chi connectivity index (χ0) is 12.5. The van der Waals surface area contributed by atoms with E-state index in [1.807, 2.05) is 6.07 Å². The van der Waals surface area contributed by atoms with E-state index in [0.29, 0.717) is 11.1 Å². The maximum Gasteiger partial charge on any atom is 0.229 e. The van der Waals surface area contributed by atoms with Gasteiger partial charge >= 0.3 is 0 Å². The molecule has 3 rings (SSSR count). The maximum atomic E-state index is 14.0. The fourth-order valence-corrected chi connectivity index (χ4v) is 1.89. The van der Waals surface area contributed by atoms with Crippen LogP contribution in [0.2, 0.25) is 0 Å². The summed E-state index contributed by atoms with van der Waals surface area (Å²) in [7, 11) is 0. The Morgan fingerprint density at radius 2 is 1.56 bits per heavy atom. The van der Waals surface area contributed by atoms with Crippen molar-refractivity contribution in [1.29, 1.82) is 0 Å². The van der Waals surface area contributed by atoms with E-state index in [2.05, 4.69) is 0 Å². The maximum absolute atomic E-state index is 14.0. The van der Waals surface area contributed by atoms with E-state index in [4.69, 9.17) is 4.42 Å². The van der Waals surface area contributed by atoms with E-state index >= 15 is 0 Å². The Hall–Kier alpha value is -2.42. The molecule has 3 heteroatoms. The zero-order valence-corrected chi connectivity index (χ0v) is 9.39. The highest BCUT2D eigenvalue weighted by Gasteiger charge is 2.14. The fraction of sp³-hybridized carbons (Fsp3) is 0. The summed E-state index contributed by atoms with van der Waals surface area (Å²) in [5, 5.41) is 0.259. The second-order valence-electron chi connectivity index (χ2n) is 3.94. The van der Waals surface area contributed by atoms with Crippen molar-refractivity contribution in [1.82, 2.24) is 0 Å². The summed E-state index contributed by atoms with van der Waals surface area (Å²) in [6, 6.07) is 15.4. The molecule has 18 heavy (non-hydrogen) atoms. The molecule has 3 aromatic rings. The highest BCUT2D eigenvalue weighted by atomic mass is 19.1. The molecule has 0 bridgehead atoms. The number of para-hydroxylation sites is 1. The molecule has 0 unspecified atom stereocenters. The van der Waals surface area contributed by atoms with Gasteiger partial charge in [-0.3, -0.25) is 4.79 Å². The highest BCUT2D eigenvalue weighted by molar-refractivity contribution is 5.78. The molecule has 0 aliphatic carbocycles. The average molecular weight is 240 g/mol. The van der Waals surface area contributed by atoms with Crippen LogP contribution in [0.15, 0.2) is 63.8 Å². The van der Waals surface area contributed by atoms with Crippen LogP contribution in [0.25, 0.3) is 22.3 Å². The normalized spacial score (nSPS) is 10.7. The SMILES string of the molecule is O=c1c(F)c(-c2ccccc2)oc2ccccc12. The molecule has 1 heterocycles. The second-order valence-corrected chi connectivity index (χ2v) is 3.94. The molecule has 0 amide bonds. The predicted molar refractivity (Wildman–Crippen MR) is 67.9 cm³/mol. The van der Waals surface area contributed by atoms with Crippen molar-refractivity contribution in [3.8, 4) is 11.3 Å². The first-order valence-corrected chi connectivity index (χ1v) is 5.54. The summed E-state index contributed by atoms with van der Waals surface area (Å²) < 4.78 is 19.5. The standard InChI is InChI=1S/C15H9FO2/c16-13-14(17)11-8-4-5-9-12(11)18-15(13)10-6-2-1-3-7-10/h1-9H. The minimum Gasteiger partial charge on any atom is -0.453 e. The van der Waals surface area contributed by atoms with Crippen LogP contribution in [-0.2, 0) is 0 Å². The molecule has 0 saturated carbocycles. The Bertz CT molecular complexity index is 760. The summed E-state index contributed by atoms with van der Waals surface area (Å²) in [5.41, 5.74) is 0.316. The second kappa shape index (κ2) is 4.11. The van der Waals surface area contributed by atoms with E-state index in [1.165, 1.54) is 0 Å². The average Bonchev–Trinajstić information content (AvgIpc) is 2.44. The van der Waals surface area contributed by atoms with Crippen molar-refractivity contribution < 1.29 is 8.81 Å². The molecule has 0 aliphatic rings. The minimum atomic E-state index is -0.847. The van der Waals surface area contributed by atoms with Crippen molar-refractivity contribution in [3.63, 3.8) is 0 Å². The molecule has 1 aromatic heterocycles. The van der Waals surface area contributed by atoms with Gasteiger partial charge in [0.25, 0.3) is 0 Å². The predicted octanol–water partition coefficient (Wildman–Crippen LogP) is 3.60. The van der Waals surface area contributed by atoms with Crippen LogP contribution in [0.1, 0.15) is 0 Å². The zero-order valence-electron chi connectivity index (χ0n) is 9.39. The summed E-state index contributed by atoms with van der Waals surface area (Å²) in [6.45, 7) is 0. The summed E-state index contributed by atoms with van der Waals surface area (Å²) in [5.74, 6) is -0.862. The summed E-state index contributed by atoms with van der Waals surface area (Å²) in [4.78, 5) is 11.9. The first kappa shape index (κ1) is 10.7. The smallest absolute Gasteiger partial charge is 0.229 e. The van der Waals surface area contributed by atoms with Crippen LogP contribution >= 0.6 is 0 Å². The third-order valence-corrected chi connectivity index (χ3v) is 2.78. The fourth-order valence-electron chi connectivity index (χ4n) is 1.89. The van der Waals surface area contributed by atoms with Crippen molar-refractivity contribution in [2.45, 2.75) is 0 Å². The number of hydrogen-bond acceptors (Lipinski definition) is 2. The van der Waals surface area contributed by atoms with Crippen LogP contribution < -0.4 is 5.43 Å². The van der Waals surface area contributed by atoms with Gasteiger partial charge in [-0.25, -0.2) is 0 Å². The van der Waals surface area contributed by atoms with E-state index in [0.717, 1.165) is 0 Å². The molecular weight excluding hydrogens is 231 g/mol. The molecule has 0 saturated heterocycles. The van der Waals surface area contributed by atoms with Gasteiger partial charge in [-0.2, -0.15) is 4.39 Å². The minimum absolute atomic E-state index is 0.0145. The highest BCUT2D eigenvalue weighted by Crippen LogP contribution is 2.24.